The van der Waals surface area contributed by atoms with Gasteiger partial charge < -0.3 is 15.4 Å². The van der Waals surface area contributed by atoms with Crippen molar-refractivity contribution in [2.45, 2.75) is 32.0 Å². The summed E-state index contributed by atoms with van der Waals surface area (Å²) < 4.78 is 5.34. The fourth-order valence-electron chi connectivity index (χ4n) is 3.18. The lowest BCUT2D eigenvalue weighted by Gasteiger charge is -2.35. The van der Waals surface area contributed by atoms with Crippen LogP contribution in [0.15, 0.2) is 48.5 Å². The fourth-order valence-corrected chi connectivity index (χ4v) is 3.31. The van der Waals surface area contributed by atoms with E-state index in [2.05, 4.69) is 10.6 Å². The lowest BCUT2D eigenvalue weighted by molar-refractivity contribution is -0.276. The second kappa shape index (κ2) is 10.6. The van der Waals surface area contributed by atoms with E-state index in [-0.39, 0.29) is 12.1 Å². The Morgan fingerprint density at radius 1 is 1.10 bits per heavy atom. The molecule has 0 radical (unpaired) electrons. The zero-order valence-electron chi connectivity index (χ0n) is 16.5. The van der Waals surface area contributed by atoms with Gasteiger partial charge in [0.05, 0.1) is 6.04 Å². The van der Waals surface area contributed by atoms with Gasteiger partial charge in [-0.2, -0.15) is 0 Å². The maximum absolute atomic E-state index is 12.1. The average Bonchev–Trinajstić information content (AvgIpc) is 2.75. The van der Waals surface area contributed by atoms with Gasteiger partial charge in [-0.1, -0.05) is 35.9 Å². The number of nitrogens with zero attached hydrogens (tertiary/aromatic N) is 2. The van der Waals surface area contributed by atoms with E-state index < -0.39 is 0 Å². The number of ether oxygens (including phenoxy) is 1. The van der Waals surface area contributed by atoms with Crippen molar-refractivity contribution in [1.82, 2.24) is 15.5 Å². The molecular weight excluding hydrogens is 392 g/mol. The first kappa shape index (κ1) is 21.5. The van der Waals surface area contributed by atoms with E-state index in [0.29, 0.717) is 37.0 Å². The van der Waals surface area contributed by atoms with Crippen molar-refractivity contribution >= 4 is 23.3 Å². The number of halogens is 1. The van der Waals surface area contributed by atoms with Gasteiger partial charge in [-0.25, -0.2) is 9.80 Å². The molecule has 156 valence electrons. The van der Waals surface area contributed by atoms with E-state index in [4.69, 9.17) is 16.3 Å². The minimum Gasteiger partial charge on any atom is -0.381 e. The number of nitrogens with one attached hydrogen (secondary N) is 2. The molecule has 0 atom stereocenters. The van der Waals surface area contributed by atoms with E-state index in [1.165, 1.54) is 5.17 Å². The van der Waals surface area contributed by atoms with E-state index >= 15 is 0 Å². The highest BCUT2D eigenvalue weighted by Gasteiger charge is 2.23. The standard InChI is InChI=1S/C21H27ClN4O3/c1-25(26(28)20-10-12-29-13-11-20)15-17-4-8-19(9-5-17)24-21(27)23-14-16-2-6-18(22)7-3-16/h2-9,20,28H,10-15H2,1H3,(H2,23,24,27). The number of hydrogen-bond donors (Lipinski definition) is 3. The van der Waals surface area contributed by atoms with Crippen LogP contribution in [-0.2, 0) is 17.8 Å². The highest BCUT2D eigenvalue weighted by atomic mass is 35.5. The summed E-state index contributed by atoms with van der Waals surface area (Å²) in [6, 6.07) is 14.7. The van der Waals surface area contributed by atoms with Gasteiger partial charge in [0.15, 0.2) is 0 Å². The summed E-state index contributed by atoms with van der Waals surface area (Å²) in [7, 11) is 1.85. The third kappa shape index (κ3) is 6.69. The monoisotopic (exact) mass is 418 g/mol. The van der Waals surface area contributed by atoms with Crippen LogP contribution in [0.3, 0.4) is 0 Å². The number of hydroxylamine groups is 1. The summed E-state index contributed by atoms with van der Waals surface area (Å²) in [5.41, 5.74) is 2.71. The van der Waals surface area contributed by atoms with Crippen LogP contribution >= 0.6 is 11.6 Å². The number of anilines is 1. The van der Waals surface area contributed by atoms with Crippen molar-refractivity contribution in [3.05, 3.63) is 64.7 Å². The third-order valence-corrected chi connectivity index (χ3v) is 5.11. The zero-order valence-corrected chi connectivity index (χ0v) is 17.2. The largest absolute Gasteiger partial charge is 0.381 e. The summed E-state index contributed by atoms with van der Waals surface area (Å²) in [6.07, 6.45) is 1.63. The zero-order chi connectivity index (χ0) is 20.6. The summed E-state index contributed by atoms with van der Waals surface area (Å²) in [6.45, 7) is 2.34. The predicted octanol–water partition coefficient (Wildman–Crippen LogP) is 3.88. The molecule has 0 spiro atoms. The Hall–Kier alpha value is -2.16. The molecule has 0 bridgehead atoms. The minimum absolute atomic E-state index is 0.0824. The molecule has 2 amide bonds. The number of carbonyl (C=O) groups is 1. The smallest absolute Gasteiger partial charge is 0.319 e. The first-order chi connectivity index (χ1) is 14.0. The number of benzene rings is 2. The maximum atomic E-state index is 12.1. The Morgan fingerprint density at radius 2 is 1.72 bits per heavy atom. The van der Waals surface area contributed by atoms with Crippen LogP contribution in [0.5, 0.6) is 0 Å². The van der Waals surface area contributed by atoms with Crippen LogP contribution < -0.4 is 10.6 Å². The number of urea groups is 1. The Labute approximate surface area is 176 Å². The molecule has 0 aliphatic carbocycles. The van der Waals surface area contributed by atoms with E-state index in [9.17, 15) is 10.0 Å². The minimum atomic E-state index is -0.272. The SMILES string of the molecule is CN(Cc1ccc(NC(=O)NCc2ccc(Cl)cc2)cc1)N(O)C1CCOCC1. The molecule has 1 fully saturated rings. The molecular formula is C21H27ClN4O3. The van der Waals surface area contributed by atoms with E-state index in [1.54, 1.807) is 17.1 Å². The Balaban J connectivity index is 1.45. The lowest BCUT2D eigenvalue weighted by Crippen LogP contribution is -2.46. The van der Waals surface area contributed by atoms with Crippen molar-refractivity contribution in [2.24, 2.45) is 0 Å². The normalized spacial score (nSPS) is 14.9. The molecule has 8 heteroatoms. The van der Waals surface area contributed by atoms with Crippen molar-refractivity contribution < 1.29 is 14.7 Å². The summed E-state index contributed by atoms with van der Waals surface area (Å²) in [5.74, 6) is 0. The Morgan fingerprint density at radius 3 is 2.38 bits per heavy atom. The molecule has 1 aliphatic rings. The van der Waals surface area contributed by atoms with E-state index in [0.717, 1.165) is 24.0 Å². The fraction of sp³-hybridized carbons (Fsp3) is 0.381. The van der Waals surface area contributed by atoms with Crippen molar-refractivity contribution in [3.63, 3.8) is 0 Å². The molecule has 3 rings (SSSR count). The molecule has 29 heavy (non-hydrogen) atoms. The van der Waals surface area contributed by atoms with Gasteiger partial charge in [0.25, 0.3) is 0 Å². The van der Waals surface area contributed by atoms with Gasteiger partial charge in [0, 0.05) is 44.1 Å². The van der Waals surface area contributed by atoms with Crippen LogP contribution in [-0.4, -0.2) is 47.7 Å². The number of hydrogen-bond acceptors (Lipinski definition) is 5. The number of rotatable bonds is 7. The van der Waals surface area contributed by atoms with Crippen molar-refractivity contribution in [3.8, 4) is 0 Å². The molecule has 2 aromatic rings. The summed E-state index contributed by atoms with van der Waals surface area (Å²) in [4.78, 5) is 12.1. The highest BCUT2D eigenvalue weighted by Crippen LogP contribution is 2.17. The molecule has 7 nitrogen and oxygen atoms in total. The lowest BCUT2D eigenvalue weighted by atomic mass is 10.1. The molecule has 0 saturated carbocycles. The molecule has 2 aromatic carbocycles. The van der Waals surface area contributed by atoms with Gasteiger partial charge in [-0.3, -0.25) is 5.21 Å². The van der Waals surface area contributed by atoms with Crippen LogP contribution in [0.1, 0.15) is 24.0 Å². The number of amides is 2. The van der Waals surface area contributed by atoms with Crippen LogP contribution in [0.4, 0.5) is 10.5 Å². The summed E-state index contributed by atoms with van der Waals surface area (Å²) >= 11 is 5.86. The van der Waals surface area contributed by atoms with Gasteiger partial charge in [-0.15, -0.1) is 5.17 Å². The Bertz CT molecular complexity index is 780. The van der Waals surface area contributed by atoms with Gasteiger partial charge >= 0.3 is 6.03 Å². The molecule has 1 aliphatic heterocycles. The Kier molecular flexibility index (Phi) is 7.85. The topological polar surface area (TPSA) is 77.1 Å². The molecule has 0 aromatic heterocycles. The second-order valence-corrected chi connectivity index (χ2v) is 7.55. The van der Waals surface area contributed by atoms with Gasteiger partial charge in [0.1, 0.15) is 0 Å². The number of hydrazine groups is 1. The van der Waals surface area contributed by atoms with Crippen molar-refractivity contribution in [1.29, 1.82) is 0 Å². The van der Waals surface area contributed by atoms with Crippen LogP contribution in [0.25, 0.3) is 0 Å². The maximum Gasteiger partial charge on any atom is 0.319 e. The van der Waals surface area contributed by atoms with Crippen LogP contribution in [0.2, 0.25) is 5.02 Å². The molecule has 1 heterocycles. The third-order valence-electron chi connectivity index (χ3n) is 4.86. The van der Waals surface area contributed by atoms with E-state index in [1.807, 2.05) is 43.4 Å². The quantitative estimate of drug-likeness (QED) is 0.595. The van der Waals surface area contributed by atoms with Gasteiger partial charge in [-0.05, 0) is 48.2 Å². The second-order valence-electron chi connectivity index (χ2n) is 7.11. The van der Waals surface area contributed by atoms with Crippen LogP contribution in [0, 0.1) is 0 Å². The molecule has 3 N–H and O–H groups in total. The summed E-state index contributed by atoms with van der Waals surface area (Å²) in [5, 5.41) is 19.8. The van der Waals surface area contributed by atoms with Crippen molar-refractivity contribution in [2.75, 3.05) is 25.6 Å². The molecule has 0 unspecified atom stereocenters. The average molecular weight is 419 g/mol. The predicted molar refractivity (Wildman–Crippen MR) is 113 cm³/mol. The highest BCUT2D eigenvalue weighted by molar-refractivity contribution is 6.30. The number of carbonyl (C=O) groups excluding carboxylic acids is 1. The first-order valence-electron chi connectivity index (χ1n) is 9.66. The van der Waals surface area contributed by atoms with Gasteiger partial charge in [0.2, 0.25) is 0 Å². The molecule has 1 saturated heterocycles. The first-order valence-corrected chi connectivity index (χ1v) is 10.0.